The van der Waals surface area contributed by atoms with E-state index in [9.17, 15) is 20.0 Å². The van der Waals surface area contributed by atoms with Crippen molar-refractivity contribution in [3.63, 3.8) is 0 Å². The van der Waals surface area contributed by atoms with E-state index in [0.29, 0.717) is 17.1 Å². The molecule has 0 aliphatic carbocycles. The van der Waals surface area contributed by atoms with Crippen LogP contribution in [0.4, 0.5) is 5.69 Å². The Morgan fingerprint density at radius 1 is 1.23 bits per heavy atom. The number of benzene rings is 2. The van der Waals surface area contributed by atoms with Gasteiger partial charge in [-0.3, -0.25) is 19.9 Å². The van der Waals surface area contributed by atoms with Crippen molar-refractivity contribution >= 4 is 22.5 Å². The average molecular weight is 411 g/mol. The fourth-order valence-corrected chi connectivity index (χ4v) is 3.24. The Balaban J connectivity index is 2.27. The number of phenolic OH excluding ortho intramolecular Hbond substituents is 1. The number of carbonyl (C=O) groups excluding carboxylic acids is 1. The molecule has 9 heteroatoms. The molecular weight excluding hydrogens is 390 g/mol. The van der Waals surface area contributed by atoms with Crippen molar-refractivity contribution < 1.29 is 24.3 Å². The minimum atomic E-state index is -0.873. The van der Waals surface area contributed by atoms with Gasteiger partial charge < -0.3 is 19.9 Å². The van der Waals surface area contributed by atoms with Crippen LogP contribution >= 0.6 is 0 Å². The van der Waals surface area contributed by atoms with E-state index in [4.69, 9.17) is 9.47 Å². The van der Waals surface area contributed by atoms with Crippen LogP contribution in [0.25, 0.3) is 10.9 Å². The summed E-state index contributed by atoms with van der Waals surface area (Å²) in [5, 5.41) is 25.6. The van der Waals surface area contributed by atoms with Crippen LogP contribution in [0.2, 0.25) is 0 Å². The molecule has 0 saturated carbocycles. The van der Waals surface area contributed by atoms with Crippen LogP contribution in [0.1, 0.15) is 30.5 Å². The maximum absolute atomic E-state index is 12.2. The zero-order valence-corrected chi connectivity index (χ0v) is 16.7. The molecule has 0 bridgehead atoms. The lowest BCUT2D eigenvalue weighted by molar-refractivity contribution is -0.383. The predicted octanol–water partition coefficient (Wildman–Crippen LogP) is 3.48. The number of nitrogens with one attached hydrogen (secondary N) is 1. The highest BCUT2D eigenvalue weighted by Gasteiger charge is 2.27. The normalized spacial score (nSPS) is 11.7. The molecule has 30 heavy (non-hydrogen) atoms. The van der Waals surface area contributed by atoms with Gasteiger partial charge in [-0.2, -0.15) is 0 Å². The summed E-state index contributed by atoms with van der Waals surface area (Å²) in [5.74, 6) is 0.362. The number of nitro groups is 1. The molecule has 156 valence electrons. The van der Waals surface area contributed by atoms with E-state index < -0.39 is 11.0 Å². The van der Waals surface area contributed by atoms with Gasteiger partial charge in [0.15, 0.2) is 11.5 Å². The minimum Gasteiger partial charge on any atom is -0.505 e. The topological polar surface area (TPSA) is 124 Å². The molecule has 9 nitrogen and oxygen atoms in total. The molecule has 0 unspecified atom stereocenters. The van der Waals surface area contributed by atoms with Crippen LogP contribution in [-0.4, -0.2) is 35.1 Å². The fraction of sp³-hybridized carbons (Fsp3) is 0.238. The molecule has 1 aromatic heterocycles. The summed E-state index contributed by atoms with van der Waals surface area (Å²) in [6.07, 6.45) is 1.63. The zero-order chi connectivity index (χ0) is 21.8. The number of non-ortho nitro benzene ring substituents is 1. The van der Waals surface area contributed by atoms with Crippen molar-refractivity contribution in [2.45, 2.75) is 19.4 Å². The van der Waals surface area contributed by atoms with Gasteiger partial charge >= 0.3 is 0 Å². The molecule has 2 N–H and O–H groups in total. The summed E-state index contributed by atoms with van der Waals surface area (Å²) in [5.41, 5.74) is 0.566. The average Bonchev–Trinajstić information content (AvgIpc) is 2.77. The lowest BCUT2D eigenvalue weighted by atomic mass is 9.94. The SMILES string of the molecule is CCC(=O)N[C@@H](c1ccc(OC)c(OC)c1)c1cc([N+](=O)[O-])c2cccnc2c1O. The highest BCUT2D eigenvalue weighted by atomic mass is 16.6. The van der Waals surface area contributed by atoms with Crippen LogP contribution in [0.3, 0.4) is 0 Å². The summed E-state index contributed by atoms with van der Waals surface area (Å²) < 4.78 is 10.6. The molecule has 0 aliphatic heterocycles. The Morgan fingerprint density at radius 2 is 1.97 bits per heavy atom. The van der Waals surface area contributed by atoms with Crippen molar-refractivity contribution in [1.29, 1.82) is 0 Å². The van der Waals surface area contributed by atoms with Gasteiger partial charge in [0.1, 0.15) is 11.3 Å². The second kappa shape index (κ2) is 8.64. The molecule has 0 saturated heterocycles. The Morgan fingerprint density at radius 3 is 2.60 bits per heavy atom. The van der Waals surface area contributed by atoms with Crippen LogP contribution < -0.4 is 14.8 Å². The van der Waals surface area contributed by atoms with Gasteiger partial charge in [0.05, 0.1) is 30.6 Å². The number of phenols is 1. The smallest absolute Gasteiger partial charge is 0.279 e. The van der Waals surface area contributed by atoms with Gasteiger partial charge in [-0.25, -0.2) is 0 Å². The number of nitrogens with zero attached hydrogens (tertiary/aromatic N) is 2. The van der Waals surface area contributed by atoms with Crippen LogP contribution in [0.15, 0.2) is 42.6 Å². The van der Waals surface area contributed by atoms with E-state index in [1.165, 1.54) is 32.5 Å². The highest BCUT2D eigenvalue weighted by Crippen LogP contribution is 2.41. The molecule has 1 amide bonds. The number of amides is 1. The molecule has 0 radical (unpaired) electrons. The molecule has 2 aromatic carbocycles. The second-order valence-corrected chi connectivity index (χ2v) is 6.46. The summed E-state index contributed by atoms with van der Waals surface area (Å²) >= 11 is 0. The number of methoxy groups -OCH3 is 2. The Labute approximate surface area is 172 Å². The van der Waals surface area contributed by atoms with Gasteiger partial charge in [-0.05, 0) is 29.8 Å². The quantitative estimate of drug-likeness (QED) is 0.450. The number of aromatic hydroxyl groups is 1. The lowest BCUT2D eigenvalue weighted by Gasteiger charge is -2.22. The first-order valence-corrected chi connectivity index (χ1v) is 9.17. The number of nitro benzene ring substituents is 1. The van der Waals surface area contributed by atoms with E-state index in [1.807, 2.05) is 0 Å². The minimum absolute atomic E-state index is 0.0814. The van der Waals surface area contributed by atoms with E-state index in [0.717, 1.165) is 0 Å². The third kappa shape index (κ3) is 3.82. The Kier molecular flexibility index (Phi) is 6.01. The van der Waals surface area contributed by atoms with Crippen molar-refractivity contribution in [3.05, 3.63) is 63.8 Å². The number of hydrogen-bond donors (Lipinski definition) is 2. The summed E-state index contributed by atoms with van der Waals surface area (Å²) in [7, 11) is 2.97. The number of carbonyl (C=O) groups is 1. The van der Waals surface area contributed by atoms with Crippen LogP contribution in [0, 0.1) is 10.1 Å². The summed E-state index contributed by atoms with van der Waals surface area (Å²) in [4.78, 5) is 27.5. The zero-order valence-electron chi connectivity index (χ0n) is 16.7. The first kappa shape index (κ1) is 20.8. The largest absolute Gasteiger partial charge is 0.505 e. The van der Waals surface area contributed by atoms with Gasteiger partial charge in [-0.15, -0.1) is 0 Å². The van der Waals surface area contributed by atoms with Gasteiger partial charge in [0.2, 0.25) is 5.91 Å². The number of pyridine rings is 1. The number of rotatable bonds is 7. The second-order valence-electron chi connectivity index (χ2n) is 6.46. The molecule has 1 heterocycles. The number of hydrogen-bond acceptors (Lipinski definition) is 7. The Hall–Kier alpha value is -3.88. The maximum Gasteiger partial charge on any atom is 0.279 e. The van der Waals surface area contributed by atoms with E-state index >= 15 is 0 Å². The van der Waals surface area contributed by atoms with E-state index in [-0.39, 0.29) is 40.2 Å². The third-order valence-corrected chi connectivity index (χ3v) is 4.75. The summed E-state index contributed by atoms with van der Waals surface area (Å²) in [6, 6.07) is 8.45. The number of aromatic nitrogens is 1. The number of ether oxygens (including phenoxy) is 2. The maximum atomic E-state index is 12.2. The predicted molar refractivity (Wildman–Crippen MR) is 110 cm³/mol. The monoisotopic (exact) mass is 411 g/mol. The van der Waals surface area contributed by atoms with Crippen molar-refractivity contribution in [1.82, 2.24) is 10.3 Å². The van der Waals surface area contributed by atoms with Crippen molar-refractivity contribution in [2.24, 2.45) is 0 Å². The van der Waals surface area contributed by atoms with Crippen LogP contribution in [0.5, 0.6) is 17.2 Å². The molecule has 0 fully saturated rings. The molecule has 3 rings (SSSR count). The number of fused-ring (bicyclic) bond motifs is 1. The van der Waals surface area contributed by atoms with E-state index in [1.54, 1.807) is 31.2 Å². The Bertz CT molecular complexity index is 1120. The van der Waals surface area contributed by atoms with Crippen molar-refractivity contribution in [2.75, 3.05) is 14.2 Å². The van der Waals surface area contributed by atoms with E-state index in [2.05, 4.69) is 10.3 Å². The molecule has 3 aromatic rings. The first-order chi connectivity index (χ1) is 14.4. The van der Waals surface area contributed by atoms with Gasteiger partial charge in [0, 0.05) is 24.2 Å². The van der Waals surface area contributed by atoms with Gasteiger partial charge in [-0.1, -0.05) is 13.0 Å². The first-order valence-electron chi connectivity index (χ1n) is 9.17. The molecule has 1 atom stereocenters. The standard InChI is InChI=1S/C21H21N3O6/c1-4-18(25)23-19(12-7-8-16(29-2)17(10-12)30-3)14-11-15(24(27)28)13-6-5-9-22-20(13)21(14)26/h5-11,19,26H,4H2,1-3H3,(H,23,25)/t19-/m0/s1. The molecule has 0 spiro atoms. The van der Waals surface area contributed by atoms with Crippen molar-refractivity contribution in [3.8, 4) is 17.2 Å². The molecular formula is C21H21N3O6. The third-order valence-electron chi connectivity index (χ3n) is 4.75. The highest BCUT2D eigenvalue weighted by molar-refractivity contribution is 5.94. The van der Waals surface area contributed by atoms with Crippen LogP contribution in [-0.2, 0) is 4.79 Å². The summed E-state index contributed by atoms with van der Waals surface area (Å²) in [6.45, 7) is 1.69. The fourth-order valence-electron chi connectivity index (χ4n) is 3.24. The van der Waals surface area contributed by atoms with Gasteiger partial charge in [0.25, 0.3) is 5.69 Å². The lowest BCUT2D eigenvalue weighted by Crippen LogP contribution is -2.28. The molecule has 0 aliphatic rings.